The van der Waals surface area contributed by atoms with E-state index in [0.717, 1.165) is 44.7 Å². The molecule has 0 saturated carbocycles. The summed E-state index contributed by atoms with van der Waals surface area (Å²) in [5.41, 5.74) is 8.13. The van der Waals surface area contributed by atoms with E-state index in [2.05, 4.69) is 65.4 Å². The van der Waals surface area contributed by atoms with Crippen LogP contribution in [0.5, 0.6) is 11.6 Å². The summed E-state index contributed by atoms with van der Waals surface area (Å²) < 4.78 is 101. The third-order valence-electron chi connectivity index (χ3n) is 12.7. The third-order valence-corrected chi connectivity index (χ3v) is 13.7. The first kappa shape index (κ1) is 35.0. The molecule has 1 aliphatic heterocycles. The van der Waals surface area contributed by atoms with Gasteiger partial charge in [0.05, 0.1) is 1.37 Å². The van der Waals surface area contributed by atoms with E-state index in [4.69, 9.17) is 17.9 Å². The van der Waals surface area contributed by atoms with Crippen LogP contribution in [0.4, 0.5) is 22.9 Å². The van der Waals surface area contributed by atoms with Crippen molar-refractivity contribution in [2.45, 2.75) is 26.2 Å². The fourth-order valence-corrected chi connectivity index (χ4v) is 10.7. The van der Waals surface area contributed by atoms with E-state index in [-0.39, 0.29) is 40.4 Å². The van der Waals surface area contributed by atoms with E-state index >= 15 is 0 Å². The van der Waals surface area contributed by atoms with Crippen LogP contribution in [0.25, 0.3) is 55.8 Å². The molecule has 0 spiro atoms. The van der Waals surface area contributed by atoms with Crippen LogP contribution < -0.4 is 19.8 Å². The summed E-state index contributed by atoms with van der Waals surface area (Å²) in [6, 6.07) is 59.1. The van der Waals surface area contributed by atoms with Crippen LogP contribution >= 0.6 is 0 Å². The van der Waals surface area contributed by atoms with Gasteiger partial charge in [-0.05, 0) is 12.1 Å². The number of hydrogen-bond donors (Lipinski definition) is 0. The Bertz CT molecular complexity index is 4370. The second-order valence-electron chi connectivity index (χ2n) is 18.2. The molecule has 0 unspecified atom stereocenters. The van der Waals surface area contributed by atoms with Gasteiger partial charge in [0.15, 0.2) is 0 Å². The van der Waals surface area contributed by atoms with Gasteiger partial charge in [0.25, 0.3) is 0 Å². The number of fused-ring (bicyclic) bond motifs is 2. The van der Waals surface area contributed by atoms with Crippen molar-refractivity contribution in [2.24, 2.45) is 0 Å². The summed E-state index contributed by atoms with van der Waals surface area (Å²) in [4.78, 5) is 9.75. The Balaban J connectivity index is 1.10. The molecule has 0 saturated heterocycles. The molecule has 3 heterocycles. The standard InChI is InChI=1S/C64H48BN5O.Pt/c1-64(2,3)55-44-60(70-59-42-22-21-41-58(59)69(50-33-17-8-18-34-50)65(70)49-31-15-7-16-32-49)66-63(61(55)48-29-13-6-14-30-48)71-52-36-23-35-51(43-52)67-45-68(57-40-20-19-39-56(57)67)62-53(46-25-9-4-10-26-46)37-24-38-54(62)47-27-11-5-12-28-47;/h4-41,44H,1-3H3;/q-2;/i4D,6D,9D,10D,13D,14D,25D,26D,29D,30D;. The first-order chi connectivity index (χ1) is 39.5. The first-order valence-electron chi connectivity index (χ1n) is 28.4. The maximum absolute atomic E-state index is 9.41. The van der Waals surface area contributed by atoms with Gasteiger partial charge in [-0.25, -0.2) is 0 Å². The average molecular weight is 1120 g/mol. The number of hydrogen-bond acceptors (Lipinski definition) is 4. The molecule has 0 amide bonds. The van der Waals surface area contributed by atoms with Crippen LogP contribution in [-0.2, 0) is 24.8 Å². The summed E-state index contributed by atoms with van der Waals surface area (Å²) in [5.74, 6) is 0.612. The van der Waals surface area contributed by atoms with E-state index in [9.17, 15) is 5.48 Å². The molecule has 0 fully saturated rings. The topological polar surface area (TPSA) is 38.5 Å². The molecule has 1 aliphatic rings. The predicted molar refractivity (Wildman–Crippen MR) is 292 cm³/mol. The number of imidazole rings is 1. The number of rotatable bonds is 10. The Hall–Kier alpha value is -8.25. The SMILES string of the molecule is [2H]c1c([2H])c([2H])c(-c2cccc(-c3ccccc3)c2-n2[c](=[Pt])n(-c3[c-]c(Oc4nc(N5B(c6ccccc6)N(c6ccccc6)c6ccc[c-]c65)cc(C(C)(C)C)c4-c4c([2H])c([2H])c([2H])c([2H])c4[2H])ccc3)c3ccccc32)c([2H])c1[2H]. The zero-order chi connectivity index (χ0) is 57.5. The minimum absolute atomic E-state index is 0.0286. The summed E-state index contributed by atoms with van der Waals surface area (Å²) >= 11 is 2.25. The molecule has 0 atom stereocenters. The van der Waals surface area contributed by atoms with Crippen LogP contribution in [0.1, 0.15) is 40.0 Å². The molecule has 11 aromatic rings. The summed E-state index contributed by atoms with van der Waals surface area (Å²) in [5, 5.41) is 0. The second kappa shape index (κ2) is 18.8. The zero-order valence-corrected chi connectivity index (χ0v) is 41.6. The van der Waals surface area contributed by atoms with Crippen molar-refractivity contribution in [3.05, 3.63) is 258 Å². The van der Waals surface area contributed by atoms with Gasteiger partial charge in [-0.15, -0.1) is 6.07 Å². The predicted octanol–water partition coefficient (Wildman–Crippen LogP) is 15.3. The number of ether oxygens (including phenoxy) is 1. The second-order valence-corrected chi connectivity index (χ2v) is 19.2. The van der Waals surface area contributed by atoms with Crippen molar-refractivity contribution < 1.29 is 37.8 Å². The Kier molecular flexibility index (Phi) is 9.14. The quantitative estimate of drug-likeness (QED) is 0.101. The van der Waals surface area contributed by atoms with Crippen LogP contribution in [0.2, 0.25) is 0 Å². The molecular weight excluding hydrogens is 1060 g/mol. The molecule has 8 heteroatoms. The fourth-order valence-electron chi connectivity index (χ4n) is 9.63. The number of benzene rings is 9. The van der Waals surface area contributed by atoms with Crippen LogP contribution in [-0.4, -0.2) is 21.1 Å². The Morgan fingerprint density at radius 1 is 0.597 bits per heavy atom. The van der Waals surface area contributed by atoms with Gasteiger partial charge >= 0.3 is 362 Å². The average Bonchev–Trinajstić information content (AvgIpc) is 2.65. The van der Waals surface area contributed by atoms with Crippen molar-refractivity contribution in [1.82, 2.24) is 14.1 Å². The molecular formula is C64H48BN5OPt-2. The molecule has 6 nitrogen and oxygen atoms in total. The van der Waals surface area contributed by atoms with E-state index in [0.29, 0.717) is 32.1 Å². The number of para-hydroxylation sites is 5. The van der Waals surface area contributed by atoms with Crippen molar-refractivity contribution in [2.75, 3.05) is 9.62 Å². The molecule has 0 bridgehead atoms. The molecule has 350 valence electrons. The van der Waals surface area contributed by atoms with Gasteiger partial charge in [-0.1, -0.05) is 48.5 Å². The van der Waals surface area contributed by atoms with Crippen LogP contribution in [0.3, 0.4) is 0 Å². The molecule has 72 heavy (non-hydrogen) atoms. The summed E-state index contributed by atoms with van der Waals surface area (Å²) in [7, 11) is 0. The van der Waals surface area contributed by atoms with Crippen molar-refractivity contribution in [1.29, 1.82) is 0 Å². The zero-order valence-electron chi connectivity index (χ0n) is 49.3. The first-order valence-corrected chi connectivity index (χ1v) is 24.6. The summed E-state index contributed by atoms with van der Waals surface area (Å²) in [6.07, 6.45) is 0. The number of anilines is 4. The Labute approximate surface area is 446 Å². The third kappa shape index (κ3) is 8.10. The Morgan fingerprint density at radius 2 is 1.21 bits per heavy atom. The summed E-state index contributed by atoms with van der Waals surface area (Å²) in [6.45, 7) is 5.51. The van der Waals surface area contributed by atoms with Crippen LogP contribution in [0.15, 0.2) is 236 Å². The van der Waals surface area contributed by atoms with Crippen molar-refractivity contribution >= 4 is 46.4 Å². The van der Waals surface area contributed by atoms with E-state index in [1.165, 1.54) is 0 Å². The Morgan fingerprint density at radius 3 is 1.90 bits per heavy atom. The molecule has 2 aromatic heterocycles. The van der Waals surface area contributed by atoms with Gasteiger partial charge in [0, 0.05) is 5.69 Å². The van der Waals surface area contributed by atoms with Crippen molar-refractivity contribution in [3.63, 3.8) is 0 Å². The van der Waals surface area contributed by atoms with Gasteiger partial charge < -0.3 is 0 Å². The number of nitrogens with zero attached hydrogens (tertiary/aromatic N) is 5. The molecule has 9 aromatic carbocycles. The fraction of sp³-hybridized carbons (Fsp3) is 0.0625. The number of aromatic nitrogens is 3. The van der Waals surface area contributed by atoms with E-state index in [1.807, 2.05) is 169 Å². The minimum atomic E-state index is -0.748. The van der Waals surface area contributed by atoms with Gasteiger partial charge in [0.2, 0.25) is 0 Å². The van der Waals surface area contributed by atoms with Gasteiger partial charge in [-0.3, -0.25) is 0 Å². The van der Waals surface area contributed by atoms with Crippen molar-refractivity contribution in [3.8, 4) is 56.4 Å². The maximum atomic E-state index is 9.41. The molecule has 0 N–H and O–H groups in total. The molecule has 12 rings (SSSR count). The van der Waals surface area contributed by atoms with E-state index in [1.54, 1.807) is 12.1 Å². The van der Waals surface area contributed by atoms with Crippen LogP contribution in [0, 0.1) is 15.9 Å². The van der Waals surface area contributed by atoms with Gasteiger partial charge in [0.1, 0.15) is 0 Å². The van der Waals surface area contributed by atoms with E-state index < -0.39 is 60.7 Å². The molecule has 0 aliphatic carbocycles. The normalized spacial score (nSPS) is 14.3. The molecule has 0 radical (unpaired) electrons. The monoisotopic (exact) mass is 1120 g/mol. The van der Waals surface area contributed by atoms with Gasteiger partial charge in [-0.2, -0.15) is 12.1 Å². The number of pyridine rings is 1.